The van der Waals surface area contributed by atoms with Crippen LogP contribution in [0.15, 0.2) is 570 Å². The van der Waals surface area contributed by atoms with E-state index in [1.54, 1.807) is 0 Å². The average Bonchev–Trinajstić information content (AvgIpc) is 1.57. The van der Waals surface area contributed by atoms with Crippen LogP contribution in [0.2, 0.25) is 0 Å². The van der Waals surface area contributed by atoms with E-state index in [9.17, 15) is 0 Å². The van der Waals surface area contributed by atoms with Gasteiger partial charge in [0, 0.05) is 106 Å². The molecule has 29 rings (SSSR count). The molecule has 25 aromatic carbocycles. The summed E-state index contributed by atoms with van der Waals surface area (Å²) in [6.07, 6.45) is 0. The maximum atomic E-state index is 2.51. The van der Waals surface area contributed by atoms with E-state index in [4.69, 9.17) is 0 Å². The first-order valence-electron chi connectivity index (χ1n) is 51.4. The van der Waals surface area contributed by atoms with E-state index < -0.39 is 0 Å². The fourth-order valence-corrected chi connectivity index (χ4v) is 23.5. The lowest BCUT2D eigenvalue weighted by Gasteiger charge is -2.31. The summed E-state index contributed by atoms with van der Waals surface area (Å²) in [6, 6.07) is 207. The highest BCUT2D eigenvalue weighted by Crippen LogP contribution is 2.55. The van der Waals surface area contributed by atoms with Gasteiger partial charge in [-0.05, 0) is 267 Å². The van der Waals surface area contributed by atoms with Crippen LogP contribution >= 0.6 is 0 Å². The van der Waals surface area contributed by atoms with Crippen LogP contribution in [-0.4, -0.2) is 13.7 Å². The van der Waals surface area contributed by atoms with Crippen LogP contribution in [0.3, 0.4) is 0 Å². The number of para-hydroxylation sites is 5. The van der Waals surface area contributed by atoms with Crippen molar-refractivity contribution in [3.63, 3.8) is 0 Å². The van der Waals surface area contributed by atoms with Crippen molar-refractivity contribution in [3.05, 3.63) is 581 Å². The number of fused-ring (bicyclic) bond motifs is 20. The van der Waals surface area contributed by atoms with Crippen molar-refractivity contribution in [3.8, 4) is 72.7 Å². The normalized spacial score (nSPS) is 12.0. The van der Waals surface area contributed by atoms with Crippen molar-refractivity contribution in [1.82, 2.24) is 13.7 Å². The van der Waals surface area contributed by atoms with Crippen LogP contribution in [0.4, 0.5) is 51.2 Å². The van der Waals surface area contributed by atoms with Crippen molar-refractivity contribution >= 4 is 170 Å². The van der Waals surface area contributed by atoms with E-state index in [2.05, 4.69) is 612 Å². The number of benzene rings is 25. The van der Waals surface area contributed by atoms with Crippen LogP contribution in [0.5, 0.6) is 0 Å². The van der Waals surface area contributed by atoms with Crippen LogP contribution < -0.4 is 14.7 Å². The molecule has 0 saturated heterocycles. The Bertz CT molecular complexity index is 9960. The number of aromatic nitrogens is 3. The number of hydrogen-bond acceptors (Lipinski definition) is 3. The predicted molar refractivity (Wildman–Crippen MR) is 633 cm³/mol. The van der Waals surface area contributed by atoms with E-state index in [1.807, 2.05) is 0 Å². The molecule has 3 aromatic heterocycles. The van der Waals surface area contributed by atoms with Gasteiger partial charge in [0.2, 0.25) is 0 Å². The van der Waals surface area contributed by atoms with E-state index >= 15 is 0 Å². The van der Waals surface area contributed by atoms with E-state index in [0.29, 0.717) is 0 Å². The molecule has 1 aliphatic rings. The van der Waals surface area contributed by atoms with E-state index in [0.717, 1.165) is 68.2 Å². The zero-order valence-corrected chi connectivity index (χ0v) is 82.5. The largest absolute Gasteiger partial charge is 0.310 e. The molecule has 0 radical (unpaired) electrons. The maximum Gasteiger partial charge on any atom is 0.0568 e. The fraction of sp³-hybridized carbons (Fsp3) is 0.0210. The van der Waals surface area contributed by atoms with Gasteiger partial charge in [0.05, 0.1) is 44.5 Å². The molecule has 28 aromatic rings. The first kappa shape index (κ1) is 88.5. The lowest BCUT2D eigenvalue weighted by atomic mass is 9.82. The maximum absolute atomic E-state index is 2.51. The van der Waals surface area contributed by atoms with E-state index in [1.165, 1.54) is 186 Å². The minimum atomic E-state index is -0.127. The van der Waals surface area contributed by atoms with Gasteiger partial charge >= 0.3 is 0 Å². The van der Waals surface area contributed by atoms with Crippen molar-refractivity contribution in [2.75, 3.05) is 14.7 Å². The molecule has 3 heterocycles. The van der Waals surface area contributed by atoms with Gasteiger partial charge < -0.3 is 28.4 Å². The highest BCUT2D eigenvalue weighted by atomic mass is 15.2. The minimum absolute atomic E-state index is 0.127. The minimum Gasteiger partial charge on any atom is -0.310 e. The third-order valence-electron chi connectivity index (χ3n) is 30.5. The van der Waals surface area contributed by atoms with Gasteiger partial charge in [-0.3, -0.25) is 0 Å². The molecule has 702 valence electrons. The SMILES string of the molecule is CC1(C)c2ccccc2-c2ccc(N(c3ccccc3-c3ccccc3)c3cc4c(c5ccccc35)c3ccccc3n4-c3ccccc3)cc21.c1ccc(-c2ccc(N(c3ccc(-c4cccc5ccccc45)cc3)c3ccc4c5c6ccccc6ccc5n(-c5ccccc5)c4c3)cc2)cc1.c1ccc(-c2ccc(N(c3ccccc3)c3ccc4c(c3)c3c5ccccc5ccc3n4-c3ccc4ccccc4c3)cc2)cc1. The standard InChI is InChI=1S/C50H34N2.C49H36N2.C44H30N2/c1-3-12-35(13-4-1)36-22-27-41(28-23-36)51(42-29-24-39(25-30-42)45-21-11-16-37-14-7-9-19-44(37)45)43-31-32-47-49(34-43)52(40-17-5-2-6-18-40)48-33-26-38-15-8-10-20-46(38)50(47)48;1-49(2)42-26-14-11-22-37(42)38-30-29-35(31-43(38)49)51(44-27-15-12-21-36(44)33-17-5-3-6-18-33)46-32-47-48(40-24-10-9-23-39(40)46)41-25-13-16-28-45(41)50(47)34-19-7-4-8-20-34;1-3-11-31(12-4-1)33-19-23-37(24-20-33)45(36-16-5-2-6-17-36)39-26-28-42-41(30-39)44-40-18-10-9-14-34(40)22-27-43(44)46(42)38-25-21-32-13-7-8-15-35(32)29-38/h1-34H;3-32H,1-2H3;1-30H. The monoisotopic (exact) mass is 1900 g/mol. The molecule has 6 nitrogen and oxygen atoms in total. The van der Waals surface area contributed by atoms with Crippen molar-refractivity contribution in [2.45, 2.75) is 19.3 Å². The predicted octanol–water partition coefficient (Wildman–Crippen LogP) is 39.5. The molecule has 0 fully saturated rings. The van der Waals surface area contributed by atoms with Crippen molar-refractivity contribution in [1.29, 1.82) is 0 Å². The zero-order chi connectivity index (χ0) is 99.0. The third-order valence-corrected chi connectivity index (χ3v) is 30.5. The smallest absolute Gasteiger partial charge is 0.0568 e. The number of anilines is 9. The summed E-state index contributed by atoms with van der Waals surface area (Å²) < 4.78 is 7.28. The van der Waals surface area contributed by atoms with Gasteiger partial charge in [-0.15, -0.1) is 0 Å². The van der Waals surface area contributed by atoms with Gasteiger partial charge in [-0.2, -0.15) is 0 Å². The average molecular weight is 1900 g/mol. The Morgan fingerprint density at radius 1 is 0.154 bits per heavy atom. The Labute approximate surface area is 865 Å². The summed E-state index contributed by atoms with van der Waals surface area (Å²) >= 11 is 0. The summed E-state index contributed by atoms with van der Waals surface area (Å²) in [5.41, 5.74) is 35.6. The Hall–Kier alpha value is -19.4. The molecule has 0 atom stereocenters. The Morgan fingerprint density at radius 3 is 1.14 bits per heavy atom. The lowest BCUT2D eigenvalue weighted by Crippen LogP contribution is -2.17. The molecule has 0 N–H and O–H groups in total. The fourth-order valence-electron chi connectivity index (χ4n) is 23.5. The number of nitrogens with zero attached hydrogens (tertiary/aromatic N) is 6. The van der Waals surface area contributed by atoms with Gasteiger partial charge in [-0.1, -0.05) is 426 Å². The Balaban J connectivity index is 0.000000110. The molecular weight excluding hydrogens is 1800 g/mol. The molecule has 6 heteroatoms. The van der Waals surface area contributed by atoms with Crippen LogP contribution in [-0.2, 0) is 5.41 Å². The Morgan fingerprint density at radius 2 is 0.523 bits per heavy atom. The first-order valence-corrected chi connectivity index (χ1v) is 51.4. The van der Waals surface area contributed by atoms with E-state index in [-0.39, 0.29) is 5.41 Å². The Kier molecular flexibility index (Phi) is 22.2. The second-order valence-electron chi connectivity index (χ2n) is 39.4. The summed E-state index contributed by atoms with van der Waals surface area (Å²) in [4.78, 5) is 7.25. The molecule has 0 unspecified atom stereocenters. The molecule has 0 saturated carbocycles. The molecule has 0 aliphatic heterocycles. The number of rotatable bonds is 16. The molecular formula is C143H100N6. The molecule has 0 spiro atoms. The third kappa shape index (κ3) is 15.7. The summed E-state index contributed by atoms with van der Waals surface area (Å²) in [7, 11) is 0. The van der Waals surface area contributed by atoms with Crippen LogP contribution in [0.1, 0.15) is 25.0 Å². The second kappa shape index (κ2) is 37.4. The molecule has 149 heavy (non-hydrogen) atoms. The highest BCUT2D eigenvalue weighted by Gasteiger charge is 2.37. The second-order valence-corrected chi connectivity index (χ2v) is 39.4. The first-order chi connectivity index (χ1) is 73.7. The lowest BCUT2D eigenvalue weighted by molar-refractivity contribution is 0.660. The summed E-state index contributed by atoms with van der Waals surface area (Å²) in [5, 5.41) is 20.0. The van der Waals surface area contributed by atoms with Crippen LogP contribution in [0.25, 0.3) is 192 Å². The number of hydrogen-bond donors (Lipinski definition) is 0. The molecule has 1 aliphatic carbocycles. The topological polar surface area (TPSA) is 24.5 Å². The summed E-state index contributed by atoms with van der Waals surface area (Å²) in [5.74, 6) is 0. The van der Waals surface area contributed by atoms with Gasteiger partial charge in [-0.25, -0.2) is 0 Å². The van der Waals surface area contributed by atoms with Crippen LogP contribution in [0, 0.1) is 0 Å². The highest BCUT2D eigenvalue weighted by molar-refractivity contribution is 6.27. The molecule has 0 amide bonds. The quantitative estimate of drug-likeness (QED) is 0.0964. The zero-order valence-electron chi connectivity index (χ0n) is 82.5. The van der Waals surface area contributed by atoms with Crippen molar-refractivity contribution < 1.29 is 0 Å². The van der Waals surface area contributed by atoms with Gasteiger partial charge in [0.25, 0.3) is 0 Å². The van der Waals surface area contributed by atoms with Gasteiger partial charge in [0.1, 0.15) is 0 Å². The molecule has 0 bridgehead atoms. The van der Waals surface area contributed by atoms with Crippen molar-refractivity contribution in [2.24, 2.45) is 0 Å². The van der Waals surface area contributed by atoms with Gasteiger partial charge in [0.15, 0.2) is 0 Å². The summed E-state index contributed by atoms with van der Waals surface area (Å²) in [6.45, 7) is 4.73.